The first kappa shape index (κ1) is 15.8. The molecule has 0 aliphatic rings. The summed E-state index contributed by atoms with van der Waals surface area (Å²) in [5, 5.41) is 4.19. The Morgan fingerprint density at radius 3 is 2.53 bits per heavy atom. The number of aromatic nitrogens is 3. The number of carbonyl (C=O) groups is 1. The first-order valence-electron chi connectivity index (χ1n) is 7.09. The van der Waals surface area contributed by atoms with E-state index in [1.807, 2.05) is 18.5 Å². The van der Waals surface area contributed by atoms with Crippen molar-refractivity contribution in [1.82, 2.24) is 14.8 Å². The Kier molecular flexibility index (Phi) is 5.66. The van der Waals surface area contributed by atoms with Crippen LogP contribution in [-0.2, 0) is 17.8 Å². The van der Waals surface area contributed by atoms with Crippen LogP contribution in [-0.4, -0.2) is 27.1 Å². The molecule has 0 radical (unpaired) electrons. The molecule has 0 fully saturated rings. The molecule has 0 aliphatic heterocycles. The SMILES string of the molecule is CCC(CC)(CN)C(=O)Cc1ncnn1CC(C)C. The molecule has 0 atom stereocenters. The fraction of sp³-hybridized carbons (Fsp3) is 0.786. The molecule has 1 heterocycles. The standard InChI is InChI=1S/C14H26N4O/c1-5-14(6-2,9-15)12(19)7-13-16-10-17-18(13)8-11(3)4/h10-11H,5-9,15H2,1-4H3. The molecule has 0 saturated heterocycles. The van der Waals surface area contributed by atoms with Gasteiger partial charge in [-0.25, -0.2) is 9.67 Å². The van der Waals surface area contributed by atoms with Crippen molar-refractivity contribution < 1.29 is 4.79 Å². The van der Waals surface area contributed by atoms with Gasteiger partial charge in [-0.2, -0.15) is 5.10 Å². The number of hydrogen-bond acceptors (Lipinski definition) is 4. The molecule has 1 aromatic heterocycles. The number of nitrogens with zero attached hydrogens (tertiary/aromatic N) is 3. The van der Waals surface area contributed by atoms with Crippen LogP contribution in [0.2, 0.25) is 0 Å². The number of ketones is 1. The second kappa shape index (κ2) is 6.80. The van der Waals surface area contributed by atoms with Crippen molar-refractivity contribution in [2.24, 2.45) is 17.1 Å². The maximum Gasteiger partial charge on any atom is 0.147 e. The van der Waals surface area contributed by atoms with E-state index in [1.54, 1.807) is 0 Å². The highest BCUT2D eigenvalue weighted by molar-refractivity contribution is 5.86. The van der Waals surface area contributed by atoms with Crippen molar-refractivity contribution in [2.75, 3.05) is 6.54 Å². The van der Waals surface area contributed by atoms with E-state index in [2.05, 4.69) is 23.9 Å². The van der Waals surface area contributed by atoms with Gasteiger partial charge in [0, 0.05) is 18.5 Å². The number of nitrogens with two attached hydrogens (primary N) is 1. The molecule has 0 aliphatic carbocycles. The molecule has 1 aromatic rings. The lowest BCUT2D eigenvalue weighted by Crippen LogP contribution is -2.39. The van der Waals surface area contributed by atoms with Gasteiger partial charge in [0.25, 0.3) is 0 Å². The number of carbonyl (C=O) groups excluding carboxylic acids is 1. The van der Waals surface area contributed by atoms with Gasteiger partial charge in [-0.3, -0.25) is 4.79 Å². The highest BCUT2D eigenvalue weighted by Gasteiger charge is 2.33. The summed E-state index contributed by atoms with van der Waals surface area (Å²) in [7, 11) is 0. The van der Waals surface area contributed by atoms with Crippen molar-refractivity contribution in [3.8, 4) is 0 Å². The molecule has 0 amide bonds. The zero-order valence-electron chi connectivity index (χ0n) is 12.5. The van der Waals surface area contributed by atoms with Gasteiger partial charge >= 0.3 is 0 Å². The van der Waals surface area contributed by atoms with Gasteiger partial charge in [0.15, 0.2) is 0 Å². The molecular weight excluding hydrogens is 240 g/mol. The summed E-state index contributed by atoms with van der Waals surface area (Å²) < 4.78 is 1.83. The predicted octanol–water partition coefficient (Wildman–Crippen LogP) is 1.81. The van der Waals surface area contributed by atoms with Gasteiger partial charge in [-0.1, -0.05) is 27.7 Å². The Balaban J connectivity index is 2.84. The van der Waals surface area contributed by atoms with Gasteiger partial charge in [0.05, 0.1) is 6.42 Å². The fourth-order valence-electron chi connectivity index (χ4n) is 2.30. The summed E-state index contributed by atoms with van der Waals surface area (Å²) in [5.74, 6) is 1.41. The Labute approximate surface area is 115 Å². The monoisotopic (exact) mass is 266 g/mol. The predicted molar refractivity (Wildman–Crippen MR) is 75.6 cm³/mol. The van der Waals surface area contributed by atoms with Crippen LogP contribution >= 0.6 is 0 Å². The van der Waals surface area contributed by atoms with Crippen molar-refractivity contribution in [3.63, 3.8) is 0 Å². The lowest BCUT2D eigenvalue weighted by molar-refractivity contribution is -0.128. The molecule has 0 spiro atoms. The van der Waals surface area contributed by atoms with Crippen molar-refractivity contribution in [3.05, 3.63) is 12.2 Å². The average Bonchev–Trinajstić information content (AvgIpc) is 2.79. The summed E-state index contributed by atoms with van der Waals surface area (Å²) in [4.78, 5) is 16.7. The van der Waals surface area contributed by atoms with Crippen LogP contribution in [0.4, 0.5) is 0 Å². The Morgan fingerprint density at radius 1 is 1.42 bits per heavy atom. The minimum Gasteiger partial charge on any atom is -0.329 e. The van der Waals surface area contributed by atoms with Crippen LogP contribution in [0.5, 0.6) is 0 Å². The molecular formula is C14H26N4O. The van der Waals surface area contributed by atoms with E-state index in [4.69, 9.17) is 5.73 Å². The number of rotatable bonds is 8. The maximum absolute atomic E-state index is 12.5. The molecule has 0 unspecified atom stereocenters. The third kappa shape index (κ3) is 3.62. The van der Waals surface area contributed by atoms with Crippen LogP contribution < -0.4 is 5.73 Å². The molecule has 0 saturated carbocycles. The van der Waals surface area contributed by atoms with E-state index in [-0.39, 0.29) is 5.78 Å². The summed E-state index contributed by atoms with van der Waals surface area (Å²) >= 11 is 0. The quantitative estimate of drug-likeness (QED) is 0.778. The highest BCUT2D eigenvalue weighted by Crippen LogP contribution is 2.27. The number of Topliss-reactive ketones (excluding diaryl/α,β-unsaturated/α-hetero) is 1. The van der Waals surface area contributed by atoms with E-state index in [0.717, 1.165) is 25.2 Å². The van der Waals surface area contributed by atoms with Gasteiger partial charge in [-0.15, -0.1) is 0 Å². The normalized spacial score (nSPS) is 12.1. The Hall–Kier alpha value is -1.23. The molecule has 2 N–H and O–H groups in total. The van der Waals surface area contributed by atoms with Crippen LogP contribution in [0, 0.1) is 11.3 Å². The van der Waals surface area contributed by atoms with E-state index in [9.17, 15) is 4.79 Å². The molecule has 19 heavy (non-hydrogen) atoms. The van der Waals surface area contributed by atoms with E-state index in [1.165, 1.54) is 6.33 Å². The van der Waals surface area contributed by atoms with E-state index >= 15 is 0 Å². The van der Waals surface area contributed by atoms with E-state index < -0.39 is 5.41 Å². The molecule has 108 valence electrons. The van der Waals surface area contributed by atoms with Crippen LogP contribution in [0.25, 0.3) is 0 Å². The largest absolute Gasteiger partial charge is 0.329 e. The van der Waals surface area contributed by atoms with Gasteiger partial charge < -0.3 is 5.73 Å². The average molecular weight is 266 g/mol. The first-order chi connectivity index (χ1) is 8.99. The van der Waals surface area contributed by atoms with Crippen molar-refractivity contribution >= 4 is 5.78 Å². The summed E-state index contributed by atoms with van der Waals surface area (Å²) in [6.45, 7) is 9.47. The smallest absolute Gasteiger partial charge is 0.147 e. The van der Waals surface area contributed by atoms with Crippen molar-refractivity contribution in [2.45, 2.75) is 53.5 Å². The Morgan fingerprint density at radius 2 is 2.05 bits per heavy atom. The second-order valence-electron chi connectivity index (χ2n) is 5.54. The fourth-order valence-corrected chi connectivity index (χ4v) is 2.30. The van der Waals surface area contributed by atoms with Gasteiger partial charge in [0.1, 0.15) is 17.9 Å². The molecule has 0 aromatic carbocycles. The van der Waals surface area contributed by atoms with Gasteiger partial charge in [0.2, 0.25) is 0 Å². The lowest BCUT2D eigenvalue weighted by atomic mass is 9.77. The highest BCUT2D eigenvalue weighted by atomic mass is 16.1. The topological polar surface area (TPSA) is 73.8 Å². The summed E-state index contributed by atoms with van der Waals surface area (Å²) in [5.41, 5.74) is 5.41. The zero-order valence-corrected chi connectivity index (χ0v) is 12.5. The maximum atomic E-state index is 12.5. The molecule has 1 rings (SSSR count). The lowest BCUT2D eigenvalue weighted by Gasteiger charge is -2.28. The third-order valence-electron chi connectivity index (χ3n) is 3.89. The minimum absolute atomic E-state index is 0.179. The minimum atomic E-state index is -0.408. The summed E-state index contributed by atoms with van der Waals surface area (Å²) in [6, 6.07) is 0. The molecule has 5 nitrogen and oxygen atoms in total. The Bertz CT molecular complexity index is 399. The third-order valence-corrected chi connectivity index (χ3v) is 3.89. The van der Waals surface area contributed by atoms with Crippen LogP contribution in [0.15, 0.2) is 6.33 Å². The van der Waals surface area contributed by atoms with Crippen LogP contribution in [0.3, 0.4) is 0 Å². The number of hydrogen-bond donors (Lipinski definition) is 1. The van der Waals surface area contributed by atoms with Crippen LogP contribution in [0.1, 0.15) is 46.4 Å². The van der Waals surface area contributed by atoms with Gasteiger partial charge in [-0.05, 0) is 18.8 Å². The molecule has 0 bridgehead atoms. The van der Waals surface area contributed by atoms with Crippen molar-refractivity contribution in [1.29, 1.82) is 0 Å². The molecule has 5 heteroatoms. The van der Waals surface area contributed by atoms with E-state index in [0.29, 0.717) is 18.9 Å². The summed E-state index contributed by atoms with van der Waals surface area (Å²) in [6.07, 6.45) is 3.40. The zero-order chi connectivity index (χ0) is 14.5. The second-order valence-corrected chi connectivity index (χ2v) is 5.54. The first-order valence-corrected chi connectivity index (χ1v) is 7.09.